The molecule has 0 saturated carbocycles. The number of hydrogen-bond donors (Lipinski definition) is 1. The Morgan fingerprint density at radius 1 is 1.06 bits per heavy atom. The van der Waals surface area contributed by atoms with Crippen molar-refractivity contribution >= 4 is 49.8 Å². The molecule has 10 nitrogen and oxygen atoms in total. The number of nitrogens with two attached hydrogens (primary N) is 1. The van der Waals surface area contributed by atoms with Crippen molar-refractivity contribution in [1.82, 2.24) is 29.5 Å². The van der Waals surface area contributed by atoms with Gasteiger partial charge in [0.1, 0.15) is 6.33 Å². The summed E-state index contributed by atoms with van der Waals surface area (Å²) in [7, 11) is -3.33. The quantitative estimate of drug-likeness (QED) is 0.391. The molecule has 166 valence electrons. The third-order valence-corrected chi connectivity index (χ3v) is 6.64. The molecule has 12 heteroatoms. The van der Waals surface area contributed by atoms with Gasteiger partial charge in [-0.3, -0.25) is 9.55 Å². The maximum Gasteiger partial charge on any atom is 0.234 e. The Bertz CT molecular complexity index is 1520. The lowest BCUT2D eigenvalue weighted by Crippen LogP contribution is -2.20. The summed E-state index contributed by atoms with van der Waals surface area (Å²) < 4.78 is 25.6. The Balaban J connectivity index is 1.65. The summed E-state index contributed by atoms with van der Waals surface area (Å²) in [6, 6.07) is 12.1. The maximum atomic E-state index is 11.9. The van der Waals surface area contributed by atoms with Gasteiger partial charge in [-0.05, 0) is 36.4 Å². The molecule has 0 atom stereocenters. The molecule has 5 aromatic rings. The van der Waals surface area contributed by atoms with Crippen LogP contribution in [0.5, 0.6) is 0 Å². The summed E-state index contributed by atoms with van der Waals surface area (Å²) in [6.45, 7) is 0.342. The Labute approximate surface area is 193 Å². The van der Waals surface area contributed by atoms with Gasteiger partial charge in [0.15, 0.2) is 32.6 Å². The summed E-state index contributed by atoms with van der Waals surface area (Å²) >= 11 is 1.46. The highest BCUT2D eigenvalue weighted by Gasteiger charge is 2.20. The molecule has 0 bridgehead atoms. The number of benzene rings is 1. The van der Waals surface area contributed by atoms with Crippen molar-refractivity contribution in [2.75, 3.05) is 16.9 Å². The molecule has 0 aliphatic heterocycles. The molecular formula is C21H18N8O2S2. The van der Waals surface area contributed by atoms with Crippen LogP contribution in [0.4, 0.5) is 17.5 Å². The Morgan fingerprint density at radius 3 is 2.55 bits per heavy atom. The second kappa shape index (κ2) is 8.22. The van der Waals surface area contributed by atoms with Crippen LogP contribution in [-0.2, 0) is 16.4 Å². The SMILES string of the molecule is CS(=O)(=O)c1ccc(N(Cc2ccccn2)c2nc(N)c3ncn(-c4cscn4)c3n2)cc1. The number of sulfone groups is 1. The van der Waals surface area contributed by atoms with E-state index in [2.05, 4.69) is 19.9 Å². The van der Waals surface area contributed by atoms with Crippen molar-refractivity contribution in [3.8, 4) is 5.82 Å². The smallest absolute Gasteiger partial charge is 0.234 e. The van der Waals surface area contributed by atoms with E-state index in [0.717, 1.165) is 5.69 Å². The second-order valence-electron chi connectivity index (χ2n) is 7.22. The number of rotatable bonds is 6. The molecular weight excluding hydrogens is 460 g/mol. The fraction of sp³-hybridized carbons (Fsp3) is 0.0952. The minimum absolute atomic E-state index is 0.224. The van der Waals surface area contributed by atoms with E-state index in [1.165, 1.54) is 17.6 Å². The summed E-state index contributed by atoms with van der Waals surface area (Å²) in [4.78, 5) is 24.4. The molecule has 0 saturated heterocycles. The van der Waals surface area contributed by atoms with E-state index in [4.69, 9.17) is 10.7 Å². The van der Waals surface area contributed by atoms with Crippen LogP contribution in [0.3, 0.4) is 0 Å². The average molecular weight is 479 g/mol. The molecule has 1 aromatic carbocycles. The zero-order chi connectivity index (χ0) is 23.0. The number of nitrogens with zero attached hydrogens (tertiary/aromatic N) is 7. The fourth-order valence-electron chi connectivity index (χ4n) is 3.33. The fourth-order valence-corrected chi connectivity index (χ4v) is 4.48. The second-order valence-corrected chi connectivity index (χ2v) is 9.95. The summed E-state index contributed by atoms with van der Waals surface area (Å²) in [6.07, 6.45) is 4.49. The third-order valence-electron chi connectivity index (χ3n) is 4.94. The van der Waals surface area contributed by atoms with E-state index < -0.39 is 9.84 Å². The van der Waals surface area contributed by atoms with Gasteiger partial charge in [0.25, 0.3) is 0 Å². The molecule has 2 N–H and O–H groups in total. The number of fused-ring (bicyclic) bond motifs is 1. The molecule has 0 spiro atoms. The predicted octanol–water partition coefficient (Wildman–Crippen LogP) is 2.99. The van der Waals surface area contributed by atoms with Crippen molar-refractivity contribution in [1.29, 1.82) is 0 Å². The van der Waals surface area contributed by atoms with Gasteiger partial charge in [-0.2, -0.15) is 9.97 Å². The molecule has 4 aromatic heterocycles. The number of thiazole rings is 1. The first kappa shape index (κ1) is 21.0. The van der Waals surface area contributed by atoms with Gasteiger partial charge in [0.2, 0.25) is 5.95 Å². The number of anilines is 3. The van der Waals surface area contributed by atoms with Crippen LogP contribution >= 0.6 is 11.3 Å². The highest BCUT2D eigenvalue weighted by atomic mass is 32.2. The molecule has 0 aliphatic carbocycles. The van der Waals surface area contributed by atoms with Crippen LogP contribution in [0.1, 0.15) is 5.69 Å². The van der Waals surface area contributed by atoms with Gasteiger partial charge in [0.05, 0.1) is 22.6 Å². The van der Waals surface area contributed by atoms with Crippen molar-refractivity contribution in [2.24, 2.45) is 0 Å². The van der Waals surface area contributed by atoms with Crippen LogP contribution in [0.2, 0.25) is 0 Å². The Kier molecular flexibility index (Phi) is 5.23. The molecule has 0 amide bonds. The van der Waals surface area contributed by atoms with Crippen LogP contribution < -0.4 is 10.6 Å². The van der Waals surface area contributed by atoms with Crippen molar-refractivity contribution in [3.05, 3.63) is 71.6 Å². The monoisotopic (exact) mass is 478 g/mol. The van der Waals surface area contributed by atoms with Crippen LogP contribution in [0.25, 0.3) is 17.0 Å². The van der Waals surface area contributed by atoms with E-state index in [1.54, 1.807) is 46.9 Å². The molecule has 4 heterocycles. The zero-order valence-corrected chi connectivity index (χ0v) is 19.0. The molecule has 33 heavy (non-hydrogen) atoms. The van der Waals surface area contributed by atoms with Crippen molar-refractivity contribution < 1.29 is 8.42 Å². The van der Waals surface area contributed by atoms with Crippen molar-refractivity contribution in [2.45, 2.75) is 11.4 Å². The third kappa shape index (κ3) is 4.13. The van der Waals surface area contributed by atoms with Gasteiger partial charge >= 0.3 is 0 Å². The highest BCUT2D eigenvalue weighted by Crippen LogP contribution is 2.29. The lowest BCUT2D eigenvalue weighted by molar-refractivity contribution is 0.602. The van der Waals surface area contributed by atoms with Gasteiger partial charge in [-0.15, -0.1) is 11.3 Å². The maximum absolute atomic E-state index is 11.9. The van der Waals surface area contributed by atoms with Crippen molar-refractivity contribution in [3.63, 3.8) is 0 Å². The summed E-state index contributed by atoms with van der Waals surface area (Å²) in [5.74, 6) is 1.23. The number of pyridine rings is 1. The molecule has 0 fully saturated rings. The van der Waals surface area contributed by atoms with Gasteiger partial charge in [-0.25, -0.2) is 18.4 Å². The number of aromatic nitrogens is 6. The largest absolute Gasteiger partial charge is 0.382 e. The van der Waals surface area contributed by atoms with Crippen LogP contribution in [-0.4, -0.2) is 44.2 Å². The first-order valence-electron chi connectivity index (χ1n) is 9.77. The Morgan fingerprint density at radius 2 is 1.88 bits per heavy atom. The normalized spacial score (nSPS) is 11.7. The zero-order valence-electron chi connectivity index (χ0n) is 17.4. The van der Waals surface area contributed by atoms with Gasteiger partial charge < -0.3 is 10.6 Å². The average Bonchev–Trinajstić information content (AvgIpc) is 3.48. The molecule has 0 radical (unpaired) electrons. The molecule has 0 aliphatic rings. The molecule has 0 unspecified atom stereocenters. The van der Waals surface area contributed by atoms with Gasteiger partial charge in [-0.1, -0.05) is 6.07 Å². The summed E-state index contributed by atoms with van der Waals surface area (Å²) in [5, 5.41) is 1.88. The predicted molar refractivity (Wildman–Crippen MR) is 126 cm³/mol. The lowest BCUT2D eigenvalue weighted by atomic mass is 10.2. The van der Waals surface area contributed by atoms with Crippen LogP contribution in [0.15, 0.2) is 70.8 Å². The number of imidazole rings is 1. The van der Waals surface area contributed by atoms with E-state index in [1.807, 2.05) is 28.5 Å². The Hall–Kier alpha value is -3.90. The first-order chi connectivity index (χ1) is 15.9. The lowest BCUT2D eigenvalue weighted by Gasteiger charge is -2.23. The minimum atomic E-state index is -3.33. The van der Waals surface area contributed by atoms with Crippen LogP contribution in [0, 0.1) is 0 Å². The van der Waals surface area contributed by atoms with E-state index in [9.17, 15) is 8.42 Å². The standard InChI is InChI=1S/C21H18N8O2S2/c1-33(30,31)16-7-5-15(6-8-16)28(10-14-4-2-3-9-23-14)21-26-19(22)18-20(27-21)29(12-24-18)17-11-32-13-25-17/h2-9,11-13H,10H2,1H3,(H2,22,26,27). The topological polar surface area (TPSA) is 133 Å². The minimum Gasteiger partial charge on any atom is -0.382 e. The van der Waals surface area contributed by atoms with E-state index in [0.29, 0.717) is 35.2 Å². The van der Waals surface area contributed by atoms with E-state index in [-0.39, 0.29) is 10.7 Å². The molecule has 5 rings (SSSR count). The first-order valence-corrected chi connectivity index (χ1v) is 12.6. The highest BCUT2D eigenvalue weighted by molar-refractivity contribution is 7.90. The number of nitrogen functional groups attached to an aromatic ring is 1. The van der Waals surface area contributed by atoms with E-state index >= 15 is 0 Å². The summed E-state index contributed by atoms with van der Waals surface area (Å²) in [5.41, 5.74) is 10.4. The number of hydrogen-bond acceptors (Lipinski definition) is 10. The van der Waals surface area contributed by atoms with Gasteiger partial charge in [0, 0.05) is 23.5 Å².